The van der Waals surface area contributed by atoms with Crippen molar-refractivity contribution in [2.75, 3.05) is 31.5 Å². The number of carbonyl (C=O) groups excluding carboxylic acids is 1. The highest BCUT2D eigenvalue weighted by molar-refractivity contribution is 7.89. The van der Waals surface area contributed by atoms with Crippen molar-refractivity contribution in [2.24, 2.45) is 0 Å². The first-order valence-electron chi connectivity index (χ1n) is 10.9. The Kier molecular flexibility index (Phi) is 6.64. The number of carbonyl (C=O) groups is 1. The van der Waals surface area contributed by atoms with Gasteiger partial charge in [0.1, 0.15) is 16.6 Å². The SMILES string of the molecule is Cc1ccc(NC(=O)C(c2ccccc2)N2CCN(S(=O)(=O)c3c(C)noc3C)CC2)cc1. The number of anilines is 1. The fourth-order valence-electron chi connectivity index (χ4n) is 4.18. The van der Waals surface area contributed by atoms with E-state index in [0.29, 0.717) is 18.8 Å². The van der Waals surface area contributed by atoms with Crippen LogP contribution in [0.15, 0.2) is 64.0 Å². The van der Waals surface area contributed by atoms with E-state index in [9.17, 15) is 13.2 Å². The summed E-state index contributed by atoms with van der Waals surface area (Å²) in [4.78, 5) is 15.5. The lowest BCUT2D eigenvalue weighted by atomic mass is 10.0. The van der Waals surface area contributed by atoms with Crippen LogP contribution in [-0.2, 0) is 14.8 Å². The lowest BCUT2D eigenvalue weighted by Crippen LogP contribution is -2.51. The third-order valence-electron chi connectivity index (χ3n) is 5.89. The summed E-state index contributed by atoms with van der Waals surface area (Å²) in [5.74, 6) is 0.140. The van der Waals surface area contributed by atoms with Crippen LogP contribution in [0.2, 0.25) is 0 Å². The second-order valence-corrected chi connectivity index (χ2v) is 10.1. The minimum absolute atomic E-state index is 0.132. The van der Waals surface area contributed by atoms with E-state index in [1.807, 2.05) is 66.4 Å². The zero-order valence-electron chi connectivity index (χ0n) is 19.0. The number of piperazine rings is 1. The van der Waals surface area contributed by atoms with Crippen LogP contribution in [0.3, 0.4) is 0 Å². The van der Waals surface area contributed by atoms with Crippen LogP contribution in [0.25, 0.3) is 0 Å². The molecule has 1 amide bonds. The van der Waals surface area contributed by atoms with Crippen LogP contribution in [0.5, 0.6) is 0 Å². The van der Waals surface area contributed by atoms with Crippen LogP contribution in [-0.4, -0.2) is 54.9 Å². The number of benzene rings is 2. The fraction of sp³-hybridized carbons (Fsp3) is 0.333. The molecule has 174 valence electrons. The standard InChI is InChI=1S/C24H28N4O4S/c1-17-9-11-21(12-10-17)25-24(29)22(20-7-5-4-6-8-20)27-13-15-28(16-14-27)33(30,31)23-18(2)26-32-19(23)3/h4-12,22H,13-16H2,1-3H3,(H,25,29). The Morgan fingerprint density at radius 1 is 0.970 bits per heavy atom. The number of nitrogens with one attached hydrogen (secondary N) is 1. The Balaban J connectivity index is 1.53. The summed E-state index contributed by atoms with van der Waals surface area (Å²) in [6.07, 6.45) is 0. The predicted molar refractivity (Wildman–Crippen MR) is 125 cm³/mol. The summed E-state index contributed by atoms with van der Waals surface area (Å²) in [6.45, 7) is 6.60. The Morgan fingerprint density at radius 2 is 1.61 bits per heavy atom. The predicted octanol–water partition coefficient (Wildman–Crippen LogP) is 3.29. The number of hydrogen-bond donors (Lipinski definition) is 1. The van der Waals surface area contributed by atoms with Crippen LogP contribution in [0.4, 0.5) is 5.69 Å². The highest BCUT2D eigenvalue weighted by Crippen LogP contribution is 2.28. The molecule has 0 radical (unpaired) electrons. The minimum Gasteiger partial charge on any atom is -0.360 e. The van der Waals surface area contributed by atoms with Crippen molar-refractivity contribution in [2.45, 2.75) is 31.7 Å². The molecule has 9 heteroatoms. The lowest BCUT2D eigenvalue weighted by Gasteiger charge is -2.38. The molecule has 0 saturated carbocycles. The van der Waals surface area contributed by atoms with Crippen molar-refractivity contribution in [3.8, 4) is 0 Å². The fourth-order valence-corrected chi connectivity index (χ4v) is 5.90. The molecule has 2 heterocycles. The Bertz CT molecular complexity index is 1200. The van der Waals surface area contributed by atoms with Crippen molar-refractivity contribution in [1.29, 1.82) is 0 Å². The summed E-state index contributed by atoms with van der Waals surface area (Å²) in [6, 6.07) is 16.7. The van der Waals surface area contributed by atoms with Gasteiger partial charge < -0.3 is 9.84 Å². The van der Waals surface area contributed by atoms with Crippen molar-refractivity contribution >= 4 is 21.6 Å². The number of rotatable bonds is 6. The second-order valence-electron chi connectivity index (χ2n) is 8.26. The molecule has 1 unspecified atom stereocenters. The number of amides is 1. The van der Waals surface area contributed by atoms with E-state index in [2.05, 4.69) is 10.5 Å². The van der Waals surface area contributed by atoms with E-state index in [4.69, 9.17) is 4.52 Å². The van der Waals surface area contributed by atoms with Gasteiger partial charge in [-0.3, -0.25) is 9.69 Å². The van der Waals surface area contributed by atoms with Crippen molar-refractivity contribution < 1.29 is 17.7 Å². The maximum atomic E-state index is 13.3. The van der Waals surface area contributed by atoms with E-state index in [0.717, 1.165) is 16.8 Å². The normalized spacial score (nSPS) is 16.5. The molecule has 2 aromatic carbocycles. The molecule has 33 heavy (non-hydrogen) atoms. The summed E-state index contributed by atoms with van der Waals surface area (Å²) >= 11 is 0. The molecule has 0 bridgehead atoms. The molecule has 1 fully saturated rings. The second kappa shape index (κ2) is 9.46. The Hall–Kier alpha value is -3.01. The molecule has 0 aliphatic carbocycles. The topological polar surface area (TPSA) is 95.8 Å². The van der Waals surface area contributed by atoms with Gasteiger partial charge in [0.15, 0.2) is 5.76 Å². The van der Waals surface area contributed by atoms with Gasteiger partial charge in [0, 0.05) is 31.9 Å². The zero-order chi connectivity index (χ0) is 23.6. The smallest absolute Gasteiger partial charge is 0.248 e. The lowest BCUT2D eigenvalue weighted by molar-refractivity contribution is -0.122. The van der Waals surface area contributed by atoms with E-state index in [-0.39, 0.29) is 29.7 Å². The Morgan fingerprint density at radius 3 is 2.18 bits per heavy atom. The number of sulfonamides is 1. The van der Waals surface area contributed by atoms with Gasteiger partial charge in [0.05, 0.1) is 0 Å². The molecule has 1 atom stereocenters. The van der Waals surface area contributed by atoms with Crippen molar-refractivity contribution in [3.05, 3.63) is 77.2 Å². The van der Waals surface area contributed by atoms with Gasteiger partial charge in [-0.2, -0.15) is 4.31 Å². The van der Waals surface area contributed by atoms with E-state index in [1.54, 1.807) is 13.8 Å². The summed E-state index contributed by atoms with van der Waals surface area (Å²) < 4.78 is 32.8. The summed E-state index contributed by atoms with van der Waals surface area (Å²) in [5.41, 5.74) is 3.06. The zero-order valence-corrected chi connectivity index (χ0v) is 19.8. The Labute approximate surface area is 194 Å². The van der Waals surface area contributed by atoms with Gasteiger partial charge in [-0.05, 0) is 38.5 Å². The molecule has 8 nitrogen and oxygen atoms in total. The van der Waals surface area contributed by atoms with Gasteiger partial charge in [0.25, 0.3) is 0 Å². The average Bonchev–Trinajstić information content (AvgIpc) is 3.15. The molecule has 1 aromatic heterocycles. The quantitative estimate of drug-likeness (QED) is 0.597. The number of aromatic nitrogens is 1. The van der Waals surface area contributed by atoms with Gasteiger partial charge in [-0.1, -0.05) is 53.2 Å². The van der Waals surface area contributed by atoms with E-state index >= 15 is 0 Å². The largest absolute Gasteiger partial charge is 0.360 e. The van der Waals surface area contributed by atoms with Gasteiger partial charge in [-0.15, -0.1) is 0 Å². The number of nitrogens with zero attached hydrogens (tertiary/aromatic N) is 3. The van der Waals surface area contributed by atoms with Crippen molar-refractivity contribution in [3.63, 3.8) is 0 Å². The molecule has 1 saturated heterocycles. The van der Waals surface area contributed by atoms with Gasteiger partial charge >= 0.3 is 0 Å². The third-order valence-corrected chi connectivity index (χ3v) is 8.03. The van der Waals surface area contributed by atoms with E-state index in [1.165, 1.54) is 4.31 Å². The third kappa shape index (κ3) is 4.85. The molecular weight excluding hydrogens is 440 g/mol. The van der Waals surface area contributed by atoms with Crippen LogP contribution < -0.4 is 5.32 Å². The highest BCUT2D eigenvalue weighted by Gasteiger charge is 2.36. The van der Waals surface area contributed by atoms with Gasteiger partial charge in [-0.25, -0.2) is 8.42 Å². The van der Waals surface area contributed by atoms with Crippen LogP contribution >= 0.6 is 0 Å². The first-order valence-corrected chi connectivity index (χ1v) is 12.3. The van der Waals surface area contributed by atoms with Gasteiger partial charge in [0.2, 0.25) is 15.9 Å². The minimum atomic E-state index is -3.72. The highest BCUT2D eigenvalue weighted by atomic mass is 32.2. The first-order chi connectivity index (χ1) is 15.8. The molecule has 0 spiro atoms. The summed E-state index contributed by atoms with van der Waals surface area (Å²) in [7, 11) is -3.72. The number of aryl methyl sites for hydroxylation is 3. The van der Waals surface area contributed by atoms with Crippen LogP contribution in [0, 0.1) is 20.8 Å². The summed E-state index contributed by atoms with van der Waals surface area (Å²) in [5, 5.41) is 6.80. The molecular formula is C24H28N4O4S. The average molecular weight is 469 g/mol. The number of hydrogen-bond acceptors (Lipinski definition) is 6. The maximum Gasteiger partial charge on any atom is 0.248 e. The van der Waals surface area contributed by atoms with Crippen LogP contribution in [0.1, 0.15) is 28.6 Å². The molecule has 3 aromatic rings. The molecule has 4 rings (SSSR count). The molecule has 1 aliphatic rings. The first kappa shape index (κ1) is 23.2. The molecule has 1 aliphatic heterocycles. The monoisotopic (exact) mass is 468 g/mol. The van der Waals surface area contributed by atoms with E-state index < -0.39 is 16.1 Å². The maximum absolute atomic E-state index is 13.3. The molecule has 1 N–H and O–H groups in total. The van der Waals surface area contributed by atoms with Crippen molar-refractivity contribution in [1.82, 2.24) is 14.4 Å².